The largest absolute Gasteiger partial charge is 0.451 e. The zero-order valence-electron chi connectivity index (χ0n) is 15.2. The van der Waals surface area contributed by atoms with Crippen LogP contribution in [0.3, 0.4) is 0 Å². The highest BCUT2D eigenvalue weighted by Gasteiger charge is 2.19. The number of benzene rings is 2. The van der Waals surface area contributed by atoms with E-state index in [2.05, 4.69) is 15.5 Å². The first-order valence-electron chi connectivity index (χ1n) is 8.51. The molecule has 1 N–H and O–H groups in total. The summed E-state index contributed by atoms with van der Waals surface area (Å²) in [5.41, 5.74) is 3.78. The Hall–Kier alpha value is -2.35. The van der Waals surface area contributed by atoms with Crippen molar-refractivity contribution in [2.24, 2.45) is 0 Å². The molecular weight excluding hydrogens is 414 g/mol. The van der Waals surface area contributed by atoms with E-state index in [1.807, 2.05) is 56.3 Å². The third kappa shape index (κ3) is 4.06. The van der Waals surface area contributed by atoms with Crippen LogP contribution in [0.25, 0.3) is 11.0 Å². The Morgan fingerprint density at radius 3 is 2.75 bits per heavy atom. The van der Waals surface area contributed by atoms with Crippen LogP contribution >= 0.6 is 34.7 Å². The molecule has 1 amide bonds. The number of nitrogens with zero attached hydrogens (tertiary/aromatic N) is 2. The number of rotatable bonds is 5. The molecule has 0 spiro atoms. The number of amides is 1. The van der Waals surface area contributed by atoms with Crippen molar-refractivity contribution in [1.82, 2.24) is 10.2 Å². The molecule has 28 heavy (non-hydrogen) atoms. The number of nitrogens with one attached hydrogen (secondary N) is 1. The number of halogens is 1. The molecule has 0 aliphatic carbocycles. The van der Waals surface area contributed by atoms with E-state index in [9.17, 15) is 4.79 Å². The molecule has 2 aromatic carbocycles. The van der Waals surface area contributed by atoms with Crippen LogP contribution in [0.5, 0.6) is 0 Å². The zero-order valence-corrected chi connectivity index (χ0v) is 17.5. The van der Waals surface area contributed by atoms with Crippen LogP contribution < -0.4 is 5.32 Å². The Kier molecular flexibility index (Phi) is 5.39. The molecule has 0 bridgehead atoms. The molecule has 0 radical (unpaired) electrons. The van der Waals surface area contributed by atoms with E-state index in [1.54, 1.807) is 11.8 Å². The van der Waals surface area contributed by atoms with Gasteiger partial charge in [0.05, 0.1) is 0 Å². The van der Waals surface area contributed by atoms with Gasteiger partial charge in [0, 0.05) is 21.7 Å². The molecule has 142 valence electrons. The van der Waals surface area contributed by atoms with Crippen LogP contribution in [0.1, 0.15) is 27.2 Å². The predicted molar refractivity (Wildman–Crippen MR) is 115 cm³/mol. The van der Waals surface area contributed by atoms with Crippen LogP contribution in [-0.4, -0.2) is 16.1 Å². The van der Waals surface area contributed by atoms with Gasteiger partial charge >= 0.3 is 0 Å². The van der Waals surface area contributed by atoms with Gasteiger partial charge in [0.1, 0.15) is 5.58 Å². The number of hydrogen-bond acceptors (Lipinski definition) is 6. The summed E-state index contributed by atoms with van der Waals surface area (Å²) in [6.45, 7) is 3.89. The van der Waals surface area contributed by atoms with E-state index in [1.165, 1.54) is 11.3 Å². The Morgan fingerprint density at radius 2 is 1.96 bits per heavy atom. The number of anilines is 1. The predicted octanol–water partition coefficient (Wildman–Crippen LogP) is 6.10. The highest BCUT2D eigenvalue weighted by atomic mass is 35.5. The van der Waals surface area contributed by atoms with Crippen molar-refractivity contribution in [3.63, 3.8) is 0 Å². The smallest absolute Gasteiger partial charge is 0.293 e. The zero-order chi connectivity index (χ0) is 19.7. The second-order valence-corrected chi connectivity index (χ2v) is 8.93. The fourth-order valence-corrected chi connectivity index (χ4v) is 4.58. The summed E-state index contributed by atoms with van der Waals surface area (Å²) >= 11 is 8.79. The summed E-state index contributed by atoms with van der Waals surface area (Å²) in [4.78, 5) is 12.6. The lowest BCUT2D eigenvalue weighted by Gasteiger charge is -1.99. The van der Waals surface area contributed by atoms with Crippen molar-refractivity contribution in [2.75, 3.05) is 5.32 Å². The van der Waals surface area contributed by atoms with E-state index in [-0.39, 0.29) is 5.91 Å². The SMILES string of the molecule is Cc1ccc2oc(C(=O)Nc3nnc(SCc4ccc(Cl)cc4)s3)c(C)c2c1. The maximum absolute atomic E-state index is 12.6. The average Bonchev–Trinajstić information content (AvgIpc) is 3.26. The first-order valence-corrected chi connectivity index (χ1v) is 10.7. The number of aryl methyl sites for hydroxylation is 2. The van der Waals surface area contributed by atoms with Gasteiger partial charge in [-0.3, -0.25) is 10.1 Å². The molecule has 0 atom stereocenters. The van der Waals surface area contributed by atoms with Gasteiger partial charge in [-0.25, -0.2) is 0 Å². The molecule has 0 aliphatic heterocycles. The minimum atomic E-state index is -0.322. The number of carbonyl (C=O) groups is 1. The topological polar surface area (TPSA) is 68.0 Å². The lowest BCUT2D eigenvalue weighted by atomic mass is 10.1. The Morgan fingerprint density at radius 1 is 1.18 bits per heavy atom. The number of fused-ring (bicyclic) bond motifs is 1. The van der Waals surface area contributed by atoms with E-state index >= 15 is 0 Å². The van der Waals surface area contributed by atoms with E-state index in [0.29, 0.717) is 21.5 Å². The molecular formula is C20H16ClN3O2S2. The van der Waals surface area contributed by atoms with Gasteiger partial charge in [-0.05, 0) is 43.7 Å². The Balaban J connectivity index is 1.44. The molecule has 0 unspecified atom stereocenters. The van der Waals surface area contributed by atoms with Gasteiger partial charge in [0.2, 0.25) is 5.13 Å². The summed E-state index contributed by atoms with van der Waals surface area (Å²) in [7, 11) is 0. The van der Waals surface area contributed by atoms with Gasteiger partial charge in [-0.2, -0.15) is 0 Å². The summed E-state index contributed by atoms with van der Waals surface area (Å²) in [5.74, 6) is 0.727. The lowest BCUT2D eigenvalue weighted by molar-refractivity contribution is 0.0998. The first kappa shape index (κ1) is 19.0. The number of aromatic nitrogens is 2. The third-order valence-corrected chi connectivity index (χ3v) is 6.50. The molecule has 5 nitrogen and oxygen atoms in total. The average molecular weight is 430 g/mol. The molecule has 0 aliphatic rings. The van der Waals surface area contributed by atoms with Crippen molar-refractivity contribution < 1.29 is 9.21 Å². The molecule has 4 rings (SSSR count). The molecule has 4 aromatic rings. The monoisotopic (exact) mass is 429 g/mol. The van der Waals surface area contributed by atoms with Crippen LogP contribution in [0.4, 0.5) is 5.13 Å². The minimum absolute atomic E-state index is 0.297. The molecule has 0 fully saturated rings. The molecule has 0 saturated carbocycles. The summed E-state index contributed by atoms with van der Waals surface area (Å²) in [5, 5.41) is 13.1. The fourth-order valence-electron chi connectivity index (χ4n) is 2.75. The number of furan rings is 1. The molecule has 0 saturated heterocycles. The maximum Gasteiger partial charge on any atom is 0.293 e. The minimum Gasteiger partial charge on any atom is -0.451 e. The summed E-state index contributed by atoms with van der Waals surface area (Å²) in [6.07, 6.45) is 0. The second kappa shape index (κ2) is 7.95. The van der Waals surface area contributed by atoms with Gasteiger partial charge in [-0.1, -0.05) is 58.5 Å². The number of carbonyl (C=O) groups excluding carboxylic acids is 1. The van der Waals surface area contributed by atoms with Crippen molar-refractivity contribution >= 4 is 56.7 Å². The number of hydrogen-bond donors (Lipinski definition) is 1. The van der Waals surface area contributed by atoms with Crippen LogP contribution in [0.15, 0.2) is 51.2 Å². The van der Waals surface area contributed by atoms with Crippen LogP contribution in [-0.2, 0) is 5.75 Å². The maximum atomic E-state index is 12.6. The van der Waals surface area contributed by atoms with Gasteiger partial charge in [0.25, 0.3) is 5.91 Å². The van der Waals surface area contributed by atoms with Gasteiger partial charge in [-0.15, -0.1) is 10.2 Å². The summed E-state index contributed by atoms with van der Waals surface area (Å²) < 4.78 is 6.52. The van der Waals surface area contributed by atoms with Crippen molar-refractivity contribution in [3.8, 4) is 0 Å². The normalized spacial score (nSPS) is 11.1. The molecule has 2 heterocycles. The highest BCUT2D eigenvalue weighted by molar-refractivity contribution is 8.00. The standard InChI is InChI=1S/C20H16ClN3O2S2/c1-11-3-8-16-15(9-11)12(2)17(26-16)18(25)22-19-23-24-20(28-19)27-10-13-4-6-14(21)7-5-13/h3-9H,10H2,1-2H3,(H,22,23,25). The second-order valence-electron chi connectivity index (χ2n) is 6.30. The Labute approximate surface area is 175 Å². The quantitative estimate of drug-likeness (QED) is 0.306. The summed E-state index contributed by atoms with van der Waals surface area (Å²) in [6, 6.07) is 13.5. The van der Waals surface area contributed by atoms with Crippen molar-refractivity contribution in [3.05, 3.63) is 69.9 Å². The Bertz CT molecular complexity index is 1150. The van der Waals surface area contributed by atoms with Gasteiger partial charge in [0.15, 0.2) is 10.1 Å². The highest BCUT2D eigenvalue weighted by Crippen LogP contribution is 2.30. The van der Waals surface area contributed by atoms with Crippen molar-refractivity contribution in [2.45, 2.75) is 23.9 Å². The number of thioether (sulfide) groups is 1. The first-order chi connectivity index (χ1) is 13.5. The molecule has 8 heteroatoms. The van der Waals surface area contributed by atoms with E-state index in [0.717, 1.165) is 32.2 Å². The van der Waals surface area contributed by atoms with Crippen LogP contribution in [0, 0.1) is 13.8 Å². The van der Waals surface area contributed by atoms with Gasteiger partial charge < -0.3 is 4.42 Å². The third-order valence-electron chi connectivity index (χ3n) is 4.20. The van der Waals surface area contributed by atoms with Crippen molar-refractivity contribution in [1.29, 1.82) is 0 Å². The lowest BCUT2D eigenvalue weighted by Crippen LogP contribution is -2.11. The molecule has 2 aromatic heterocycles. The van der Waals surface area contributed by atoms with E-state index < -0.39 is 0 Å². The van der Waals surface area contributed by atoms with Crippen LogP contribution in [0.2, 0.25) is 5.02 Å². The fraction of sp³-hybridized carbons (Fsp3) is 0.150. The van der Waals surface area contributed by atoms with E-state index in [4.69, 9.17) is 16.0 Å².